The molecule has 2 saturated heterocycles. The lowest BCUT2D eigenvalue weighted by molar-refractivity contribution is 0.0701. The summed E-state index contributed by atoms with van der Waals surface area (Å²) in [6, 6.07) is 2.02. The molecule has 2 aromatic heterocycles. The molecule has 10 nitrogen and oxygen atoms in total. The average molecular weight is 463 g/mol. The summed E-state index contributed by atoms with van der Waals surface area (Å²) in [5.74, 6) is 1.60. The Bertz CT molecular complexity index is 938. The fraction of sp³-hybridized carbons (Fsp3) is 0.619. The van der Waals surface area contributed by atoms with Gasteiger partial charge in [0.15, 0.2) is 5.13 Å². The number of aliphatic hydroxyl groups excluding tert-OH is 1. The summed E-state index contributed by atoms with van der Waals surface area (Å²) >= 11 is 1.08. The maximum Gasteiger partial charge on any atom is 0.347 e. The van der Waals surface area contributed by atoms with E-state index in [1.807, 2.05) is 13.0 Å². The molecule has 32 heavy (non-hydrogen) atoms. The Morgan fingerprint density at radius 3 is 2.38 bits per heavy atom. The minimum absolute atomic E-state index is 0.206. The van der Waals surface area contributed by atoms with E-state index < -0.39 is 5.97 Å². The molecule has 0 spiro atoms. The number of hydrogen-bond acceptors (Lipinski definition) is 10. The van der Waals surface area contributed by atoms with Crippen molar-refractivity contribution in [3.8, 4) is 0 Å². The highest BCUT2D eigenvalue weighted by atomic mass is 32.1. The van der Waals surface area contributed by atoms with E-state index >= 15 is 0 Å². The van der Waals surface area contributed by atoms with Gasteiger partial charge >= 0.3 is 5.97 Å². The van der Waals surface area contributed by atoms with Gasteiger partial charge in [-0.15, -0.1) is 0 Å². The van der Waals surface area contributed by atoms with Gasteiger partial charge in [-0.2, -0.15) is 9.97 Å². The highest BCUT2D eigenvalue weighted by molar-refractivity contribution is 7.17. The fourth-order valence-electron chi connectivity index (χ4n) is 4.22. The van der Waals surface area contributed by atoms with E-state index in [1.165, 1.54) is 0 Å². The highest BCUT2D eigenvalue weighted by Crippen LogP contribution is 2.30. The first kappa shape index (κ1) is 22.7. The molecule has 2 aliphatic heterocycles. The number of carboxylic acid groups (broad SMARTS) is 1. The van der Waals surface area contributed by atoms with Crippen LogP contribution in [0.4, 0.5) is 22.7 Å². The number of aryl methyl sites for hydroxylation is 1. The maximum atomic E-state index is 11.4. The van der Waals surface area contributed by atoms with E-state index in [1.54, 1.807) is 6.92 Å². The standard InChI is InChI=1S/C21H30N6O4S/c1-13(28)11-15-3-5-26(6-4-15)16-12-17(27-7-9-31-10-8-27)24-20(23-16)25-21-22-14(2)18(32-21)19(29)30/h12-13,15,28H,3-11H2,1-2H3,(H,29,30)(H,22,23,24,25). The van der Waals surface area contributed by atoms with Crippen molar-refractivity contribution in [3.05, 3.63) is 16.6 Å². The van der Waals surface area contributed by atoms with Gasteiger partial charge in [-0.05, 0) is 39.0 Å². The number of morpholine rings is 1. The van der Waals surface area contributed by atoms with Crippen molar-refractivity contribution in [2.75, 3.05) is 54.5 Å². The van der Waals surface area contributed by atoms with Crippen molar-refractivity contribution in [2.24, 2.45) is 5.92 Å². The largest absolute Gasteiger partial charge is 0.477 e. The minimum atomic E-state index is -0.989. The predicted molar refractivity (Wildman–Crippen MR) is 123 cm³/mol. The Hall–Kier alpha value is -2.50. The van der Waals surface area contributed by atoms with E-state index in [-0.39, 0.29) is 11.0 Å². The number of carbonyl (C=O) groups is 1. The van der Waals surface area contributed by atoms with Crippen LogP contribution in [-0.4, -0.2) is 76.6 Å². The first-order valence-corrected chi connectivity index (χ1v) is 11.8. The third-order valence-corrected chi connectivity index (χ3v) is 6.92. The molecule has 0 saturated carbocycles. The number of aliphatic hydroxyl groups is 1. The molecule has 0 aliphatic carbocycles. The van der Waals surface area contributed by atoms with E-state index in [4.69, 9.17) is 14.7 Å². The molecule has 0 aromatic carbocycles. The third kappa shape index (κ3) is 5.45. The summed E-state index contributed by atoms with van der Waals surface area (Å²) in [4.78, 5) is 29.8. The summed E-state index contributed by atoms with van der Waals surface area (Å²) in [6.07, 6.45) is 2.58. The zero-order chi connectivity index (χ0) is 22.7. The number of thiazole rings is 1. The molecular weight excluding hydrogens is 432 g/mol. The molecule has 0 bridgehead atoms. The number of nitrogens with zero attached hydrogens (tertiary/aromatic N) is 5. The molecule has 3 N–H and O–H groups in total. The highest BCUT2D eigenvalue weighted by Gasteiger charge is 2.24. The van der Waals surface area contributed by atoms with Crippen LogP contribution in [0.2, 0.25) is 0 Å². The first-order chi connectivity index (χ1) is 15.4. The van der Waals surface area contributed by atoms with E-state index in [0.29, 0.717) is 35.9 Å². The smallest absolute Gasteiger partial charge is 0.347 e. The van der Waals surface area contributed by atoms with Crippen molar-refractivity contribution < 1.29 is 19.7 Å². The van der Waals surface area contributed by atoms with Gasteiger partial charge in [0.2, 0.25) is 5.95 Å². The molecule has 2 aliphatic rings. The molecule has 1 unspecified atom stereocenters. The Labute approximate surface area is 191 Å². The van der Waals surface area contributed by atoms with Crippen molar-refractivity contribution in [2.45, 2.75) is 39.2 Å². The number of ether oxygens (including phenoxy) is 1. The van der Waals surface area contributed by atoms with E-state index in [0.717, 1.165) is 68.4 Å². The van der Waals surface area contributed by atoms with Crippen LogP contribution in [-0.2, 0) is 4.74 Å². The quantitative estimate of drug-likeness (QED) is 0.565. The van der Waals surface area contributed by atoms with Gasteiger partial charge in [-0.1, -0.05) is 11.3 Å². The summed E-state index contributed by atoms with van der Waals surface area (Å²) in [6.45, 7) is 8.09. The molecule has 0 radical (unpaired) electrons. The molecule has 2 aromatic rings. The molecule has 0 amide bonds. The topological polar surface area (TPSA) is 124 Å². The van der Waals surface area contributed by atoms with Crippen molar-refractivity contribution in [1.82, 2.24) is 15.0 Å². The van der Waals surface area contributed by atoms with Gasteiger partial charge in [0, 0.05) is 32.2 Å². The van der Waals surface area contributed by atoms with Gasteiger partial charge in [0.25, 0.3) is 0 Å². The van der Waals surface area contributed by atoms with Crippen molar-refractivity contribution in [1.29, 1.82) is 0 Å². The summed E-state index contributed by atoms with van der Waals surface area (Å²) in [5.41, 5.74) is 0.467. The molecule has 174 valence electrons. The fourth-order valence-corrected chi connectivity index (χ4v) is 5.02. The molecule has 4 heterocycles. The molecule has 4 rings (SSSR count). The summed E-state index contributed by atoms with van der Waals surface area (Å²) in [5, 5.41) is 22.6. The van der Waals surface area contributed by atoms with E-state index in [2.05, 4.69) is 20.1 Å². The van der Waals surface area contributed by atoms with Gasteiger partial charge in [0.1, 0.15) is 16.5 Å². The summed E-state index contributed by atoms with van der Waals surface area (Å²) < 4.78 is 5.48. The third-order valence-electron chi connectivity index (χ3n) is 5.86. The van der Waals surface area contributed by atoms with Crippen LogP contribution in [0.25, 0.3) is 0 Å². The molecule has 1 atom stereocenters. The maximum absolute atomic E-state index is 11.4. The van der Waals surface area contributed by atoms with Crippen LogP contribution >= 0.6 is 11.3 Å². The van der Waals surface area contributed by atoms with Crippen LogP contribution in [0.5, 0.6) is 0 Å². The normalized spacial score (nSPS) is 18.6. The first-order valence-electron chi connectivity index (χ1n) is 11.0. The van der Waals surface area contributed by atoms with Crippen LogP contribution in [0.1, 0.15) is 41.6 Å². The number of hydrogen-bond donors (Lipinski definition) is 3. The second kappa shape index (κ2) is 9.97. The Balaban J connectivity index is 1.57. The average Bonchev–Trinajstić information content (AvgIpc) is 3.14. The van der Waals surface area contributed by atoms with Crippen LogP contribution in [0.15, 0.2) is 6.07 Å². The van der Waals surface area contributed by atoms with E-state index in [9.17, 15) is 15.0 Å². The Kier molecular flexibility index (Phi) is 7.07. The second-order valence-electron chi connectivity index (χ2n) is 8.39. The van der Waals surface area contributed by atoms with Gasteiger partial charge in [0.05, 0.1) is 25.0 Å². The summed E-state index contributed by atoms with van der Waals surface area (Å²) in [7, 11) is 0. The SMILES string of the molecule is Cc1nc(Nc2nc(N3CCOCC3)cc(N3CCC(CC(C)O)CC3)n2)sc1C(=O)O. The number of rotatable bonds is 7. The monoisotopic (exact) mass is 462 g/mol. The number of carboxylic acids is 1. The van der Waals surface area contributed by atoms with Crippen LogP contribution < -0.4 is 15.1 Å². The van der Waals surface area contributed by atoms with Gasteiger partial charge < -0.3 is 24.7 Å². The lowest BCUT2D eigenvalue weighted by Gasteiger charge is -2.34. The minimum Gasteiger partial charge on any atom is -0.477 e. The Morgan fingerprint density at radius 1 is 1.19 bits per heavy atom. The lowest BCUT2D eigenvalue weighted by Crippen LogP contribution is -2.38. The van der Waals surface area contributed by atoms with Crippen molar-refractivity contribution in [3.63, 3.8) is 0 Å². The number of aromatic nitrogens is 3. The van der Waals surface area contributed by atoms with Crippen molar-refractivity contribution >= 4 is 40.0 Å². The van der Waals surface area contributed by atoms with Crippen LogP contribution in [0.3, 0.4) is 0 Å². The number of anilines is 4. The zero-order valence-electron chi connectivity index (χ0n) is 18.5. The van der Waals surface area contributed by atoms with Gasteiger partial charge in [-0.3, -0.25) is 5.32 Å². The molecule has 11 heteroatoms. The number of aromatic carboxylic acids is 1. The predicted octanol–water partition coefficient (Wildman–Crippen LogP) is 2.51. The second-order valence-corrected chi connectivity index (χ2v) is 9.39. The zero-order valence-corrected chi connectivity index (χ0v) is 19.3. The lowest BCUT2D eigenvalue weighted by atomic mass is 9.91. The van der Waals surface area contributed by atoms with Gasteiger partial charge in [-0.25, -0.2) is 9.78 Å². The Morgan fingerprint density at radius 2 is 1.81 bits per heavy atom. The molecule has 2 fully saturated rings. The number of nitrogens with one attached hydrogen (secondary N) is 1. The number of piperidine rings is 1. The van der Waals surface area contributed by atoms with Crippen LogP contribution in [0, 0.1) is 12.8 Å². The molecular formula is C21H30N6O4S.